The molecule has 1 aromatic rings. The van der Waals surface area contributed by atoms with Gasteiger partial charge in [-0.2, -0.15) is 0 Å². The predicted molar refractivity (Wildman–Crippen MR) is 53.2 cm³/mol. The molecule has 4 heteroatoms. The summed E-state index contributed by atoms with van der Waals surface area (Å²) in [6.45, 7) is 1.40. The van der Waals surface area contributed by atoms with Crippen LogP contribution in [0, 0.1) is 5.92 Å². The summed E-state index contributed by atoms with van der Waals surface area (Å²) in [5.41, 5.74) is 0.849. The molecular weight excluding hydrogens is 208 g/mol. The van der Waals surface area contributed by atoms with Crippen molar-refractivity contribution in [1.29, 1.82) is 0 Å². The van der Waals surface area contributed by atoms with Crippen LogP contribution in [0.4, 0.5) is 0 Å². The van der Waals surface area contributed by atoms with Crippen molar-refractivity contribution in [3.8, 4) is 0 Å². The Morgan fingerprint density at radius 1 is 1.69 bits per heavy atom. The number of ether oxygens (including phenoxy) is 1. The highest BCUT2D eigenvalue weighted by molar-refractivity contribution is 7.14. The number of hydrogen-bond donors (Lipinski definition) is 1. The predicted octanol–water partition coefficient (Wildman–Crippen LogP) is 2.47. The standard InChI is InChI=1S/C9H11ClO2S/c10-9-7(2-4-13-9)8(11)6-1-3-12-5-6/h2,4,6,8,11H,1,3,5H2. The molecule has 2 atom stereocenters. The van der Waals surface area contributed by atoms with E-state index in [4.69, 9.17) is 16.3 Å². The van der Waals surface area contributed by atoms with E-state index in [9.17, 15) is 5.11 Å². The summed E-state index contributed by atoms with van der Waals surface area (Å²) in [4.78, 5) is 0. The van der Waals surface area contributed by atoms with Gasteiger partial charge in [0.1, 0.15) is 0 Å². The molecule has 1 aliphatic rings. The summed E-state index contributed by atoms with van der Waals surface area (Å²) >= 11 is 7.39. The van der Waals surface area contributed by atoms with Crippen LogP contribution < -0.4 is 0 Å². The number of aliphatic hydroxyl groups is 1. The molecule has 0 radical (unpaired) electrons. The van der Waals surface area contributed by atoms with E-state index in [1.54, 1.807) is 0 Å². The number of thiophene rings is 1. The molecule has 1 N–H and O–H groups in total. The van der Waals surface area contributed by atoms with E-state index in [-0.39, 0.29) is 5.92 Å². The summed E-state index contributed by atoms with van der Waals surface area (Å²) in [7, 11) is 0. The molecule has 0 aromatic carbocycles. The lowest BCUT2D eigenvalue weighted by molar-refractivity contribution is 0.0922. The van der Waals surface area contributed by atoms with E-state index in [2.05, 4.69) is 0 Å². The molecule has 0 amide bonds. The van der Waals surface area contributed by atoms with Gasteiger partial charge in [0.15, 0.2) is 0 Å². The van der Waals surface area contributed by atoms with E-state index < -0.39 is 6.10 Å². The molecule has 1 aliphatic heterocycles. The monoisotopic (exact) mass is 218 g/mol. The van der Waals surface area contributed by atoms with Gasteiger partial charge in [0.2, 0.25) is 0 Å². The van der Waals surface area contributed by atoms with Crippen molar-refractivity contribution < 1.29 is 9.84 Å². The third-order valence-corrected chi connectivity index (χ3v) is 3.58. The average Bonchev–Trinajstić information content (AvgIpc) is 2.72. The number of halogens is 1. The second kappa shape index (κ2) is 3.96. The Kier molecular flexibility index (Phi) is 2.89. The van der Waals surface area contributed by atoms with Gasteiger partial charge in [0, 0.05) is 18.1 Å². The van der Waals surface area contributed by atoms with E-state index in [0.29, 0.717) is 10.9 Å². The molecule has 1 aromatic heterocycles. The summed E-state index contributed by atoms with van der Waals surface area (Å²) < 4.78 is 5.91. The van der Waals surface area contributed by atoms with Gasteiger partial charge in [-0.05, 0) is 17.9 Å². The second-order valence-electron chi connectivity index (χ2n) is 3.22. The van der Waals surface area contributed by atoms with Crippen LogP contribution in [-0.2, 0) is 4.74 Å². The largest absolute Gasteiger partial charge is 0.388 e. The summed E-state index contributed by atoms with van der Waals surface area (Å²) in [5.74, 6) is 0.215. The zero-order valence-electron chi connectivity index (χ0n) is 7.07. The number of aliphatic hydroxyl groups excluding tert-OH is 1. The van der Waals surface area contributed by atoms with Gasteiger partial charge in [-0.25, -0.2) is 0 Å². The quantitative estimate of drug-likeness (QED) is 0.827. The van der Waals surface area contributed by atoms with Gasteiger partial charge in [-0.15, -0.1) is 11.3 Å². The summed E-state index contributed by atoms with van der Waals surface area (Å²) in [6, 6.07) is 1.88. The first kappa shape index (κ1) is 9.46. The van der Waals surface area contributed by atoms with E-state index in [1.165, 1.54) is 11.3 Å². The van der Waals surface area contributed by atoms with Crippen molar-refractivity contribution in [2.45, 2.75) is 12.5 Å². The lowest BCUT2D eigenvalue weighted by Crippen LogP contribution is -2.11. The second-order valence-corrected chi connectivity index (χ2v) is 4.74. The molecule has 1 fully saturated rings. The van der Waals surface area contributed by atoms with Crippen molar-refractivity contribution in [3.63, 3.8) is 0 Å². The molecule has 2 heterocycles. The molecule has 0 bridgehead atoms. The van der Waals surface area contributed by atoms with Crippen molar-refractivity contribution in [2.24, 2.45) is 5.92 Å². The maximum absolute atomic E-state index is 9.93. The fourth-order valence-corrected chi connectivity index (χ4v) is 2.56. The van der Waals surface area contributed by atoms with E-state index in [1.807, 2.05) is 11.4 Å². The number of rotatable bonds is 2. The van der Waals surface area contributed by atoms with E-state index in [0.717, 1.165) is 18.6 Å². The third kappa shape index (κ3) is 1.89. The zero-order valence-corrected chi connectivity index (χ0v) is 8.64. The Bertz CT molecular complexity index is 281. The lowest BCUT2D eigenvalue weighted by atomic mass is 9.97. The average molecular weight is 219 g/mol. The Morgan fingerprint density at radius 2 is 2.54 bits per heavy atom. The highest BCUT2D eigenvalue weighted by Crippen LogP contribution is 2.35. The Hall–Kier alpha value is -0.0900. The van der Waals surface area contributed by atoms with E-state index >= 15 is 0 Å². The van der Waals surface area contributed by atoms with Gasteiger partial charge in [0.05, 0.1) is 17.0 Å². The molecule has 0 spiro atoms. The highest BCUT2D eigenvalue weighted by atomic mass is 35.5. The van der Waals surface area contributed by atoms with Crippen LogP contribution >= 0.6 is 22.9 Å². The molecule has 13 heavy (non-hydrogen) atoms. The van der Waals surface area contributed by atoms with Crippen molar-refractivity contribution >= 4 is 22.9 Å². The minimum atomic E-state index is -0.457. The SMILES string of the molecule is OC(c1ccsc1Cl)C1CCOC1. The first-order valence-electron chi connectivity index (χ1n) is 4.27. The molecule has 0 saturated carbocycles. The van der Waals surface area contributed by atoms with Gasteiger partial charge in [-0.3, -0.25) is 0 Å². The fourth-order valence-electron chi connectivity index (χ4n) is 1.57. The van der Waals surface area contributed by atoms with Crippen molar-refractivity contribution in [2.75, 3.05) is 13.2 Å². The Morgan fingerprint density at radius 3 is 3.08 bits per heavy atom. The Balaban J connectivity index is 2.12. The van der Waals surface area contributed by atoms with Crippen LogP contribution in [0.25, 0.3) is 0 Å². The summed E-state index contributed by atoms with van der Waals surface area (Å²) in [5, 5.41) is 11.8. The van der Waals surface area contributed by atoms with Crippen LogP contribution in [0.2, 0.25) is 4.34 Å². The maximum atomic E-state index is 9.93. The minimum absolute atomic E-state index is 0.215. The molecule has 1 saturated heterocycles. The Labute approximate surface area is 86.1 Å². The van der Waals surface area contributed by atoms with Crippen molar-refractivity contribution in [3.05, 3.63) is 21.3 Å². The zero-order chi connectivity index (χ0) is 9.26. The van der Waals surface area contributed by atoms with Crippen molar-refractivity contribution in [1.82, 2.24) is 0 Å². The smallest absolute Gasteiger partial charge is 0.0986 e. The third-order valence-electron chi connectivity index (χ3n) is 2.38. The van der Waals surface area contributed by atoms with Gasteiger partial charge in [0.25, 0.3) is 0 Å². The van der Waals surface area contributed by atoms with Gasteiger partial charge < -0.3 is 9.84 Å². The van der Waals surface area contributed by atoms with Gasteiger partial charge >= 0.3 is 0 Å². The molecule has 72 valence electrons. The topological polar surface area (TPSA) is 29.5 Å². The maximum Gasteiger partial charge on any atom is 0.0986 e. The first-order chi connectivity index (χ1) is 6.29. The van der Waals surface area contributed by atoms with Crippen LogP contribution in [0.3, 0.4) is 0 Å². The lowest BCUT2D eigenvalue weighted by Gasteiger charge is -2.15. The number of hydrogen-bond acceptors (Lipinski definition) is 3. The molecule has 0 aliphatic carbocycles. The van der Waals surface area contributed by atoms with Gasteiger partial charge in [-0.1, -0.05) is 11.6 Å². The highest BCUT2D eigenvalue weighted by Gasteiger charge is 2.26. The molecule has 2 rings (SSSR count). The molecular formula is C9H11ClO2S. The van der Waals surface area contributed by atoms with Crippen LogP contribution in [0.15, 0.2) is 11.4 Å². The first-order valence-corrected chi connectivity index (χ1v) is 5.53. The van der Waals surface area contributed by atoms with Crippen LogP contribution in [0.1, 0.15) is 18.1 Å². The molecule has 2 nitrogen and oxygen atoms in total. The molecule has 2 unspecified atom stereocenters. The minimum Gasteiger partial charge on any atom is -0.388 e. The normalized spacial score (nSPS) is 24.9. The summed E-state index contributed by atoms with van der Waals surface area (Å²) in [6.07, 6.45) is 0.467. The van der Waals surface area contributed by atoms with Crippen LogP contribution in [-0.4, -0.2) is 18.3 Å². The fraction of sp³-hybridized carbons (Fsp3) is 0.556. The van der Waals surface area contributed by atoms with Crippen LogP contribution in [0.5, 0.6) is 0 Å².